The molecule has 3 aromatic heterocycles. The van der Waals surface area contributed by atoms with Gasteiger partial charge in [0, 0.05) is 43.7 Å². The summed E-state index contributed by atoms with van der Waals surface area (Å²) in [7, 11) is 3.11. The molecule has 1 aliphatic heterocycles. The molecule has 0 bridgehead atoms. The van der Waals surface area contributed by atoms with Gasteiger partial charge in [0.1, 0.15) is 17.2 Å². The van der Waals surface area contributed by atoms with E-state index in [2.05, 4.69) is 25.5 Å². The van der Waals surface area contributed by atoms with Gasteiger partial charge in [0.15, 0.2) is 10.7 Å². The molecule has 11 nitrogen and oxygen atoms in total. The Morgan fingerprint density at radius 1 is 1.24 bits per heavy atom. The lowest BCUT2D eigenvalue weighted by Gasteiger charge is -2.16. The first-order chi connectivity index (χ1) is 18.0. The topological polar surface area (TPSA) is 143 Å². The van der Waals surface area contributed by atoms with Crippen molar-refractivity contribution >= 4 is 39.1 Å². The van der Waals surface area contributed by atoms with Crippen molar-refractivity contribution in [3.8, 4) is 16.6 Å². The number of nitrogens with zero attached hydrogens (tertiary/aromatic N) is 4. The lowest BCUT2D eigenvalue weighted by Crippen LogP contribution is -2.31. The van der Waals surface area contributed by atoms with Gasteiger partial charge in [-0.05, 0) is 29.7 Å². The number of amides is 1. The van der Waals surface area contributed by atoms with Gasteiger partial charge >= 0.3 is 5.97 Å². The number of likely N-dealkylation sites (tertiary alicyclic amines) is 1. The fraction of sp³-hybridized carbons (Fsp3) is 0.320. The number of carboxylic acids is 1. The number of aromatic amines is 1. The zero-order valence-corrected chi connectivity index (χ0v) is 21.2. The lowest BCUT2D eigenvalue weighted by molar-refractivity contribution is -0.134. The first kappa shape index (κ1) is 24.7. The van der Waals surface area contributed by atoms with E-state index >= 15 is 0 Å². The summed E-state index contributed by atoms with van der Waals surface area (Å²) in [4.78, 5) is 33.8. The second kappa shape index (κ2) is 10.5. The van der Waals surface area contributed by atoms with Crippen LogP contribution in [0.3, 0.4) is 0 Å². The van der Waals surface area contributed by atoms with Gasteiger partial charge in [-0.15, -0.1) is 10.2 Å². The Morgan fingerprint density at radius 2 is 2.08 bits per heavy atom. The first-order valence-electron chi connectivity index (χ1n) is 11.7. The number of aliphatic carboxylic acids is 1. The summed E-state index contributed by atoms with van der Waals surface area (Å²) in [5.74, 6) is -0.930. The molecule has 1 saturated heterocycles. The molecule has 3 N–H and O–H groups in total. The van der Waals surface area contributed by atoms with Gasteiger partial charge in [-0.3, -0.25) is 9.59 Å². The Bertz CT molecular complexity index is 1450. The monoisotopic (exact) mass is 522 g/mol. The Balaban J connectivity index is 1.54. The molecule has 12 heteroatoms. The molecule has 5 rings (SSSR count). The summed E-state index contributed by atoms with van der Waals surface area (Å²) in [6.07, 6.45) is 3.22. The molecule has 1 aromatic carbocycles. The van der Waals surface area contributed by atoms with E-state index in [0.717, 1.165) is 28.5 Å². The molecule has 1 unspecified atom stereocenters. The Morgan fingerprint density at radius 3 is 2.84 bits per heavy atom. The summed E-state index contributed by atoms with van der Waals surface area (Å²) in [5.41, 5.74) is 3.58. The van der Waals surface area contributed by atoms with Gasteiger partial charge in [-0.1, -0.05) is 29.5 Å². The van der Waals surface area contributed by atoms with Crippen LogP contribution in [-0.4, -0.2) is 82.0 Å². The number of H-pyrrole nitrogens is 1. The number of fused-ring (bicyclic) bond motifs is 1. The predicted octanol–water partition coefficient (Wildman–Crippen LogP) is 3.04. The predicted molar refractivity (Wildman–Crippen MR) is 138 cm³/mol. The number of para-hydroxylation sites is 1. The quantitative estimate of drug-likeness (QED) is 0.302. The molecule has 4 aromatic rings. The zero-order chi connectivity index (χ0) is 25.9. The highest BCUT2D eigenvalue weighted by atomic mass is 32.1. The van der Waals surface area contributed by atoms with E-state index in [0.29, 0.717) is 35.2 Å². The van der Waals surface area contributed by atoms with Crippen LogP contribution in [0.25, 0.3) is 21.6 Å². The van der Waals surface area contributed by atoms with Gasteiger partial charge in [-0.2, -0.15) is 4.98 Å². The van der Waals surface area contributed by atoms with Crippen LogP contribution in [0.1, 0.15) is 28.0 Å². The SMILES string of the molecule is COc1nc(-c2nnc(C(=O)N3CCC(OC)C3)cc2Cc2c[nH]c3ccccc23)sc1NCC(=O)O. The van der Waals surface area contributed by atoms with E-state index in [-0.39, 0.29) is 30.1 Å². The molecule has 1 amide bonds. The van der Waals surface area contributed by atoms with Crippen molar-refractivity contribution in [2.24, 2.45) is 0 Å². The largest absolute Gasteiger partial charge is 0.480 e. The van der Waals surface area contributed by atoms with Crippen molar-refractivity contribution < 1.29 is 24.2 Å². The molecule has 1 aliphatic rings. The molecule has 0 radical (unpaired) electrons. The third-order valence-corrected chi connectivity index (χ3v) is 7.31. The zero-order valence-electron chi connectivity index (χ0n) is 20.4. The van der Waals surface area contributed by atoms with Gasteiger partial charge in [-0.25, -0.2) is 0 Å². The van der Waals surface area contributed by atoms with Crippen molar-refractivity contribution in [2.75, 3.05) is 39.2 Å². The van der Waals surface area contributed by atoms with E-state index in [1.807, 2.05) is 30.5 Å². The number of methoxy groups -OCH3 is 2. The third kappa shape index (κ3) is 5.11. The highest BCUT2D eigenvalue weighted by molar-refractivity contribution is 7.19. The number of anilines is 1. The summed E-state index contributed by atoms with van der Waals surface area (Å²) in [6, 6.07) is 9.76. The Hall–Kier alpha value is -4.03. The van der Waals surface area contributed by atoms with Gasteiger partial charge in [0.25, 0.3) is 5.91 Å². The van der Waals surface area contributed by atoms with E-state index in [4.69, 9.17) is 14.6 Å². The van der Waals surface area contributed by atoms with Crippen LogP contribution >= 0.6 is 11.3 Å². The maximum atomic E-state index is 13.2. The summed E-state index contributed by atoms with van der Waals surface area (Å²) >= 11 is 1.22. The van der Waals surface area contributed by atoms with Crippen LogP contribution in [0.15, 0.2) is 36.5 Å². The van der Waals surface area contributed by atoms with Crippen molar-refractivity contribution in [1.82, 2.24) is 25.1 Å². The molecule has 1 fully saturated rings. The van der Waals surface area contributed by atoms with Crippen molar-refractivity contribution in [2.45, 2.75) is 18.9 Å². The molecule has 1 atom stereocenters. The van der Waals surface area contributed by atoms with Gasteiger partial charge < -0.3 is 29.8 Å². The minimum absolute atomic E-state index is 0.0152. The number of rotatable bonds is 9. The average molecular weight is 523 g/mol. The highest BCUT2D eigenvalue weighted by Gasteiger charge is 2.29. The van der Waals surface area contributed by atoms with Crippen LogP contribution in [0.4, 0.5) is 5.00 Å². The van der Waals surface area contributed by atoms with E-state index in [9.17, 15) is 9.59 Å². The molecule has 0 aliphatic carbocycles. The van der Waals surface area contributed by atoms with Crippen molar-refractivity contribution in [3.63, 3.8) is 0 Å². The summed E-state index contributed by atoms with van der Waals surface area (Å²) in [6.45, 7) is 0.831. The minimum Gasteiger partial charge on any atom is -0.480 e. The number of aromatic nitrogens is 4. The van der Waals surface area contributed by atoms with Gasteiger partial charge in [0.05, 0.1) is 13.2 Å². The molecule has 37 heavy (non-hydrogen) atoms. The first-order valence-corrected chi connectivity index (χ1v) is 12.5. The fourth-order valence-corrected chi connectivity index (χ4v) is 5.36. The lowest BCUT2D eigenvalue weighted by atomic mass is 10.0. The number of carbonyl (C=O) groups excluding carboxylic acids is 1. The van der Waals surface area contributed by atoms with Crippen LogP contribution in [-0.2, 0) is 16.0 Å². The number of benzene rings is 1. The third-order valence-electron chi connectivity index (χ3n) is 6.31. The van der Waals surface area contributed by atoms with Crippen LogP contribution in [0.5, 0.6) is 5.88 Å². The maximum absolute atomic E-state index is 13.2. The van der Waals surface area contributed by atoms with Crippen LogP contribution < -0.4 is 10.1 Å². The summed E-state index contributed by atoms with van der Waals surface area (Å²) < 4.78 is 10.8. The Labute approximate surface area is 216 Å². The standard InChI is InChI=1S/C25H26N6O5S/c1-35-16-7-8-31(13-16)25(34)19-10-14(9-15-11-26-18-6-4-3-5-17(15)18)21(30-29-19)23-28-22(36-2)24(37-23)27-12-20(32)33/h3-6,10-11,16,26-27H,7-9,12-13H2,1-2H3,(H,32,33). The number of hydrogen-bond donors (Lipinski definition) is 3. The van der Waals surface area contributed by atoms with Crippen molar-refractivity contribution in [3.05, 3.63) is 53.3 Å². The smallest absolute Gasteiger partial charge is 0.322 e. The second-order valence-corrected chi connectivity index (χ2v) is 9.64. The fourth-order valence-electron chi connectivity index (χ4n) is 4.41. The maximum Gasteiger partial charge on any atom is 0.322 e. The number of carbonyl (C=O) groups is 2. The van der Waals surface area contributed by atoms with Gasteiger partial charge in [0.2, 0.25) is 5.88 Å². The Kier molecular flexibility index (Phi) is 7.01. The number of carboxylic acid groups (broad SMARTS) is 1. The minimum atomic E-state index is -1.00. The van der Waals surface area contributed by atoms with E-state index < -0.39 is 5.97 Å². The molecule has 4 heterocycles. The highest BCUT2D eigenvalue weighted by Crippen LogP contribution is 2.38. The van der Waals surface area contributed by atoms with Crippen LogP contribution in [0, 0.1) is 0 Å². The molecular weight excluding hydrogens is 496 g/mol. The molecular formula is C25H26N6O5S. The number of nitrogens with one attached hydrogen (secondary N) is 2. The summed E-state index contributed by atoms with van der Waals surface area (Å²) in [5, 5.41) is 22.6. The number of ether oxygens (including phenoxy) is 2. The second-order valence-electron chi connectivity index (χ2n) is 8.64. The number of thiazole rings is 1. The molecule has 0 saturated carbocycles. The van der Waals surface area contributed by atoms with E-state index in [1.54, 1.807) is 18.1 Å². The average Bonchev–Trinajstić information content (AvgIpc) is 3.65. The van der Waals surface area contributed by atoms with Crippen molar-refractivity contribution in [1.29, 1.82) is 0 Å². The normalized spacial score (nSPS) is 15.3. The number of hydrogen-bond acceptors (Lipinski definition) is 9. The molecule has 192 valence electrons. The van der Waals surface area contributed by atoms with Crippen LogP contribution in [0.2, 0.25) is 0 Å². The molecule has 0 spiro atoms. The van der Waals surface area contributed by atoms with E-state index in [1.165, 1.54) is 18.4 Å².